The van der Waals surface area contributed by atoms with E-state index < -0.39 is 0 Å². The monoisotopic (exact) mass is 474 g/mol. The highest BCUT2D eigenvalue weighted by Crippen LogP contribution is 2.31. The van der Waals surface area contributed by atoms with Gasteiger partial charge >= 0.3 is 0 Å². The fraction of sp³-hybridized carbons (Fsp3) is 0.208. The van der Waals surface area contributed by atoms with Crippen molar-refractivity contribution in [3.63, 3.8) is 0 Å². The molecule has 3 aromatic heterocycles. The summed E-state index contributed by atoms with van der Waals surface area (Å²) >= 11 is 0. The van der Waals surface area contributed by atoms with Crippen LogP contribution < -0.4 is 19.8 Å². The number of hydrogen-bond donors (Lipinski definition) is 0. The molecule has 11 nitrogen and oxygen atoms in total. The number of rotatable bonds is 8. The van der Waals surface area contributed by atoms with Gasteiger partial charge in [0.2, 0.25) is 11.7 Å². The molecule has 0 saturated carbocycles. The van der Waals surface area contributed by atoms with E-state index in [0.717, 1.165) is 11.3 Å². The third kappa shape index (κ3) is 4.31. The van der Waals surface area contributed by atoms with Crippen LogP contribution >= 0.6 is 0 Å². The third-order valence-electron chi connectivity index (χ3n) is 5.35. The van der Waals surface area contributed by atoms with Gasteiger partial charge in [-0.1, -0.05) is 5.16 Å². The molecule has 0 fully saturated rings. The minimum atomic E-state index is -0.331. The lowest BCUT2D eigenvalue weighted by molar-refractivity contribution is 0.340. The zero-order valence-corrected chi connectivity index (χ0v) is 19.3. The fourth-order valence-electron chi connectivity index (χ4n) is 3.62. The first-order valence-electron chi connectivity index (χ1n) is 10.8. The fourth-order valence-corrected chi connectivity index (χ4v) is 3.62. The predicted molar refractivity (Wildman–Crippen MR) is 126 cm³/mol. The van der Waals surface area contributed by atoms with Gasteiger partial charge in [0.1, 0.15) is 24.1 Å². The molecule has 3 heterocycles. The molecule has 0 aliphatic heterocycles. The number of fused-ring (bicyclic) bond motifs is 1. The Morgan fingerprint density at radius 1 is 0.971 bits per heavy atom. The van der Waals surface area contributed by atoms with E-state index in [0.29, 0.717) is 40.7 Å². The van der Waals surface area contributed by atoms with Crippen molar-refractivity contribution in [1.82, 2.24) is 29.5 Å². The average molecular weight is 474 g/mol. The first-order chi connectivity index (χ1) is 17.1. The van der Waals surface area contributed by atoms with Crippen molar-refractivity contribution < 1.29 is 18.7 Å². The summed E-state index contributed by atoms with van der Waals surface area (Å²) in [6, 6.07) is 14.5. The van der Waals surface area contributed by atoms with Gasteiger partial charge in [-0.15, -0.1) is 0 Å². The van der Waals surface area contributed by atoms with Gasteiger partial charge in [-0.25, -0.2) is 9.20 Å². The van der Waals surface area contributed by atoms with E-state index in [4.69, 9.17) is 18.7 Å². The second kappa shape index (κ2) is 9.29. The minimum absolute atomic E-state index is 0.0131. The molecule has 0 aliphatic carbocycles. The summed E-state index contributed by atoms with van der Waals surface area (Å²) in [5, 5.41) is 12.7. The Hall–Kier alpha value is -4.67. The number of ether oxygens (including phenoxy) is 3. The molecule has 0 amide bonds. The van der Waals surface area contributed by atoms with Crippen molar-refractivity contribution in [2.24, 2.45) is 0 Å². The number of methoxy groups -OCH3 is 2. The van der Waals surface area contributed by atoms with Crippen molar-refractivity contribution in [2.75, 3.05) is 20.8 Å². The lowest BCUT2D eigenvalue weighted by Gasteiger charge is -2.07. The smallest absolute Gasteiger partial charge is 0.293 e. The highest BCUT2D eigenvalue weighted by molar-refractivity contribution is 5.66. The third-order valence-corrected chi connectivity index (χ3v) is 5.35. The summed E-state index contributed by atoms with van der Waals surface area (Å²) in [7, 11) is 3.11. The van der Waals surface area contributed by atoms with Crippen molar-refractivity contribution in [3.8, 4) is 39.9 Å². The highest BCUT2D eigenvalue weighted by atomic mass is 16.5. The van der Waals surface area contributed by atoms with Gasteiger partial charge < -0.3 is 18.7 Å². The van der Waals surface area contributed by atoms with E-state index in [1.165, 1.54) is 15.5 Å². The van der Waals surface area contributed by atoms with Crippen molar-refractivity contribution >= 4 is 5.52 Å². The Kier molecular flexibility index (Phi) is 5.88. The summed E-state index contributed by atoms with van der Waals surface area (Å²) < 4.78 is 24.1. The molecule has 0 aliphatic rings. The number of benzene rings is 2. The molecule has 0 radical (unpaired) electrons. The van der Waals surface area contributed by atoms with Crippen LogP contribution in [0.25, 0.3) is 28.2 Å². The lowest BCUT2D eigenvalue weighted by Crippen LogP contribution is -2.25. The van der Waals surface area contributed by atoms with E-state index in [-0.39, 0.29) is 18.0 Å². The molecule has 0 N–H and O–H groups in total. The molecule has 35 heavy (non-hydrogen) atoms. The Balaban J connectivity index is 1.40. The summed E-state index contributed by atoms with van der Waals surface area (Å²) in [4.78, 5) is 17.4. The Morgan fingerprint density at radius 3 is 2.49 bits per heavy atom. The number of hydrogen-bond acceptors (Lipinski definition) is 9. The molecular formula is C24H22N6O5. The zero-order chi connectivity index (χ0) is 24.4. The Bertz CT molecular complexity index is 1540. The largest absolute Gasteiger partial charge is 0.494 e. The van der Waals surface area contributed by atoms with Crippen LogP contribution in [0, 0.1) is 0 Å². The maximum absolute atomic E-state index is 13.0. The molecule has 5 rings (SSSR count). The van der Waals surface area contributed by atoms with Gasteiger partial charge in [0.25, 0.3) is 5.56 Å². The van der Waals surface area contributed by atoms with Gasteiger partial charge in [-0.05, 0) is 55.5 Å². The summed E-state index contributed by atoms with van der Waals surface area (Å²) in [5.74, 6) is 2.51. The summed E-state index contributed by atoms with van der Waals surface area (Å²) in [6.45, 7) is 2.54. The maximum Gasteiger partial charge on any atom is 0.293 e. The van der Waals surface area contributed by atoms with Crippen LogP contribution in [0.5, 0.6) is 17.2 Å². The molecule has 178 valence electrons. The van der Waals surface area contributed by atoms with E-state index >= 15 is 0 Å². The molecule has 0 atom stereocenters. The van der Waals surface area contributed by atoms with Gasteiger partial charge in [0.05, 0.1) is 26.5 Å². The van der Waals surface area contributed by atoms with Gasteiger partial charge in [0, 0.05) is 11.1 Å². The van der Waals surface area contributed by atoms with Crippen LogP contribution in [0.15, 0.2) is 64.2 Å². The van der Waals surface area contributed by atoms with E-state index in [2.05, 4.69) is 20.3 Å². The van der Waals surface area contributed by atoms with Crippen molar-refractivity contribution in [1.29, 1.82) is 0 Å². The molecule has 0 spiro atoms. The molecular weight excluding hydrogens is 452 g/mol. The first kappa shape index (κ1) is 22.1. The topological polar surface area (TPSA) is 119 Å². The predicted octanol–water partition coefficient (Wildman–Crippen LogP) is 3.07. The Morgan fingerprint density at radius 2 is 1.74 bits per heavy atom. The highest BCUT2D eigenvalue weighted by Gasteiger charge is 2.15. The van der Waals surface area contributed by atoms with E-state index in [9.17, 15) is 4.79 Å². The quantitative estimate of drug-likeness (QED) is 0.334. The number of nitrogens with zero attached hydrogens (tertiary/aromatic N) is 6. The second-order valence-corrected chi connectivity index (χ2v) is 7.49. The van der Waals surface area contributed by atoms with Crippen LogP contribution in [0.4, 0.5) is 0 Å². The molecule has 0 unspecified atom stereocenters. The van der Waals surface area contributed by atoms with Crippen LogP contribution in [-0.2, 0) is 6.54 Å². The zero-order valence-electron chi connectivity index (χ0n) is 19.3. The SMILES string of the molecule is CCOc1ccc(-c2cc3c(=O)n(Cc4nc(-c5ccc(OC)c(OC)c5)no4)ncn3n2)cc1. The standard InChI is InChI=1S/C24H22N6O5/c1-4-34-17-8-5-15(6-9-17)18-12-19-24(31)29(25-14-30(19)27-18)13-22-26-23(28-35-22)16-7-10-20(32-2)21(11-16)33-3/h5-12,14H,4,13H2,1-3H3. The molecule has 0 saturated heterocycles. The summed E-state index contributed by atoms with van der Waals surface area (Å²) in [6.07, 6.45) is 1.47. The van der Waals surface area contributed by atoms with Gasteiger partial charge in [-0.3, -0.25) is 4.79 Å². The lowest BCUT2D eigenvalue weighted by atomic mass is 10.1. The van der Waals surface area contributed by atoms with Gasteiger partial charge in [0.15, 0.2) is 11.5 Å². The minimum Gasteiger partial charge on any atom is -0.494 e. The van der Waals surface area contributed by atoms with Crippen LogP contribution in [0.3, 0.4) is 0 Å². The Labute approximate surface area is 199 Å². The second-order valence-electron chi connectivity index (χ2n) is 7.49. The molecule has 2 aromatic carbocycles. The molecule has 0 bridgehead atoms. The molecule has 5 aromatic rings. The van der Waals surface area contributed by atoms with E-state index in [1.54, 1.807) is 38.5 Å². The van der Waals surface area contributed by atoms with E-state index in [1.807, 2.05) is 31.2 Å². The molecule has 11 heteroatoms. The first-order valence-corrected chi connectivity index (χ1v) is 10.8. The maximum atomic E-state index is 13.0. The normalized spacial score (nSPS) is 11.1. The number of aromatic nitrogens is 6. The van der Waals surface area contributed by atoms with Crippen LogP contribution in [-0.4, -0.2) is 50.4 Å². The average Bonchev–Trinajstić information content (AvgIpc) is 3.54. The van der Waals surface area contributed by atoms with Crippen molar-refractivity contribution in [3.05, 3.63) is 71.1 Å². The van der Waals surface area contributed by atoms with Crippen LogP contribution in [0.1, 0.15) is 12.8 Å². The summed E-state index contributed by atoms with van der Waals surface area (Å²) in [5.41, 5.74) is 2.24. The van der Waals surface area contributed by atoms with Crippen LogP contribution in [0.2, 0.25) is 0 Å². The van der Waals surface area contributed by atoms with Crippen molar-refractivity contribution in [2.45, 2.75) is 13.5 Å². The van der Waals surface area contributed by atoms with Gasteiger partial charge in [-0.2, -0.15) is 15.2 Å².